The third kappa shape index (κ3) is 3.20. The maximum absolute atomic E-state index is 2.55. The van der Waals surface area contributed by atoms with E-state index < -0.39 is 16.1 Å². The molecule has 0 fully saturated rings. The molecule has 0 N–H and O–H groups in total. The van der Waals surface area contributed by atoms with Gasteiger partial charge in [-0.05, 0) is 18.4 Å². The van der Waals surface area contributed by atoms with Crippen LogP contribution in [0.3, 0.4) is 0 Å². The van der Waals surface area contributed by atoms with Crippen LogP contribution in [0.4, 0.5) is 0 Å². The molecule has 1 aliphatic carbocycles. The van der Waals surface area contributed by atoms with Gasteiger partial charge in [0.05, 0.1) is 16.1 Å². The van der Waals surface area contributed by atoms with E-state index in [2.05, 4.69) is 58.4 Å². The predicted octanol–water partition coefficient (Wildman–Crippen LogP) is 5.24. The van der Waals surface area contributed by atoms with E-state index in [1.54, 1.807) is 10.8 Å². The van der Waals surface area contributed by atoms with Crippen LogP contribution in [0.25, 0.3) is 0 Å². The Balaban J connectivity index is 2.99. The molecular weight excluding hydrogens is 224 g/mol. The zero-order valence-corrected chi connectivity index (χ0v) is 14.1. The molecule has 0 radical (unpaired) electrons. The fourth-order valence-corrected chi connectivity index (χ4v) is 6.11. The lowest BCUT2D eigenvalue weighted by atomic mass is 10.0. The Morgan fingerprint density at radius 2 is 1.69 bits per heavy atom. The standard InChI is InChI=1S/C14H28Si2/c1-8-12-11-13(15(2,3)4)9-10-14(12)16(5,6)7/h9,11,14H,8,10H2,1-7H3. The summed E-state index contributed by atoms with van der Waals surface area (Å²) in [5, 5.41) is 1.68. The van der Waals surface area contributed by atoms with Gasteiger partial charge in [0.25, 0.3) is 0 Å². The van der Waals surface area contributed by atoms with Gasteiger partial charge in [-0.25, -0.2) is 0 Å². The Morgan fingerprint density at radius 1 is 1.12 bits per heavy atom. The first-order valence-corrected chi connectivity index (χ1v) is 13.6. The second-order valence-electron chi connectivity index (χ2n) is 7.14. The molecule has 0 heterocycles. The highest BCUT2D eigenvalue weighted by atomic mass is 28.3. The number of hydrogen-bond donors (Lipinski definition) is 0. The molecule has 0 aromatic carbocycles. The molecule has 1 unspecified atom stereocenters. The quantitative estimate of drug-likeness (QED) is 0.603. The van der Waals surface area contributed by atoms with Crippen molar-refractivity contribution >= 4 is 16.1 Å². The van der Waals surface area contributed by atoms with E-state index in [1.165, 1.54) is 12.8 Å². The van der Waals surface area contributed by atoms with E-state index >= 15 is 0 Å². The molecule has 0 spiro atoms. The Hall–Kier alpha value is -0.0862. The molecule has 0 saturated carbocycles. The fraction of sp³-hybridized carbons (Fsp3) is 0.714. The van der Waals surface area contributed by atoms with E-state index in [4.69, 9.17) is 0 Å². The van der Waals surface area contributed by atoms with Crippen molar-refractivity contribution < 1.29 is 0 Å². The summed E-state index contributed by atoms with van der Waals surface area (Å²) in [4.78, 5) is 0. The van der Waals surface area contributed by atoms with Crippen LogP contribution in [0, 0.1) is 0 Å². The molecule has 16 heavy (non-hydrogen) atoms. The topological polar surface area (TPSA) is 0 Å². The van der Waals surface area contributed by atoms with Crippen LogP contribution in [-0.2, 0) is 0 Å². The third-order valence-electron chi connectivity index (χ3n) is 3.68. The third-order valence-corrected chi connectivity index (χ3v) is 8.46. The summed E-state index contributed by atoms with van der Waals surface area (Å²) in [6, 6.07) is 0. The van der Waals surface area contributed by atoms with Crippen LogP contribution in [0.15, 0.2) is 22.9 Å². The van der Waals surface area contributed by atoms with Crippen LogP contribution in [-0.4, -0.2) is 16.1 Å². The average molecular weight is 253 g/mol. The van der Waals surface area contributed by atoms with Gasteiger partial charge in [0, 0.05) is 0 Å². The molecule has 1 atom stereocenters. The van der Waals surface area contributed by atoms with E-state index in [-0.39, 0.29) is 0 Å². The summed E-state index contributed by atoms with van der Waals surface area (Å²) in [5.74, 6) is 0. The van der Waals surface area contributed by atoms with Crippen LogP contribution < -0.4 is 0 Å². The first-order chi connectivity index (χ1) is 7.16. The van der Waals surface area contributed by atoms with Crippen molar-refractivity contribution in [1.82, 2.24) is 0 Å². The van der Waals surface area contributed by atoms with E-state index in [9.17, 15) is 0 Å². The van der Waals surface area contributed by atoms with Crippen molar-refractivity contribution in [3.05, 3.63) is 22.9 Å². The first-order valence-electron chi connectivity index (χ1n) is 6.57. The minimum absolute atomic E-state index is 0.887. The molecule has 0 nitrogen and oxygen atoms in total. The minimum Gasteiger partial charge on any atom is -0.0850 e. The van der Waals surface area contributed by atoms with Crippen molar-refractivity contribution in [3.8, 4) is 0 Å². The molecule has 0 saturated heterocycles. The lowest BCUT2D eigenvalue weighted by molar-refractivity contribution is 0.855. The molecule has 0 aromatic heterocycles. The lowest BCUT2D eigenvalue weighted by Crippen LogP contribution is -2.32. The smallest absolute Gasteiger partial charge is 0.0771 e. The van der Waals surface area contributed by atoms with Crippen LogP contribution in [0.5, 0.6) is 0 Å². The number of allylic oxidation sites excluding steroid dienone is 4. The van der Waals surface area contributed by atoms with Crippen molar-refractivity contribution in [1.29, 1.82) is 0 Å². The summed E-state index contributed by atoms with van der Waals surface area (Å²) < 4.78 is 0. The van der Waals surface area contributed by atoms with Gasteiger partial charge in [0.2, 0.25) is 0 Å². The van der Waals surface area contributed by atoms with Crippen LogP contribution in [0.1, 0.15) is 19.8 Å². The van der Waals surface area contributed by atoms with Crippen molar-refractivity contribution in [3.63, 3.8) is 0 Å². The SMILES string of the molecule is CCC1=CC([Si](C)(C)C)=CCC1[Si](C)(C)C. The summed E-state index contributed by atoms with van der Waals surface area (Å²) >= 11 is 0. The Morgan fingerprint density at radius 3 is 2.06 bits per heavy atom. The van der Waals surface area contributed by atoms with Gasteiger partial charge in [0.1, 0.15) is 0 Å². The molecule has 0 aromatic rings. The minimum atomic E-state index is -1.10. The van der Waals surface area contributed by atoms with Gasteiger partial charge < -0.3 is 0 Å². The van der Waals surface area contributed by atoms with Crippen LogP contribution >= 0.6 is 0 Å². The normalized spacial score (nSPS) is 22.8. The van der Waals surface area contributed by atoms with E-state index in [0.29, 0.717) is 0 Å². The number of rotatable bonds is 3. The van der Waals surface area contributed by atoms with Crippen molar-refractivity contribution in [2.45, 2.75) is 64.6 Å². The van der Waals surface area contributed by atoms with E-state index in [0.717, 1.165) is 5.54 Å². The predicted molar refractivity (Wildman–Crippen MR) is 81.5 cm³/mol. The fourth-order valence-electron chi connectivity index (χ4n) is 2.54. The zero-order valence-electron chi connectivity index (χ0n) is 12.1. The Kier molecular flexibility index (Phi) is 4.06. The van der Waals surface area contributed by atoms with Crippen LogP contribution in [0.2, 0.25) is 44.8 Å². The monoisotopic (exact) mass is 252 g/mol. The van der Waals surface area contributed by atoms with Crippen molar-refractivity contribution in [2.75, 3.05) is 0 Å². The van der Waals surface area contributed by atoms with Gasteiger partial charge in [-0.15, -0.1) is 0 Å². The average Bonchev–Trinajstić information content (AvgIpc) is 2.14. The highest BCUT2D eigenvalue weighted by Crippen LogP contribution is 2.40. The molecule has 1 aliphatic rings. The van der Waals surface area contributed by atoms with E-state index in [1.807, 2.05) is 0 Å². The zero-order chi connectivity index (χ0) is 12.6. The largest absolute Gasteiger partial charge is 0.0850 e. The van der Waals surface area contributed by atoms with Gasteiger partial charge in [0.15, 0.2) is 0 Å². The summed E-state index contributed by atoms with van der Waals surface area (Å²) in [6.07, 6.45) is 7.67. The molecule has 92 valence electrons. The highest BCUT2D eigenvalue weighted by molar-refractivity contribution is 6.84. The maximum atomic E-state index is 2.55. The van der Waals surface area contributed by atoms with Gasteiger partial charge in [-0.2, -0.15) is 0 Å². The highest BCUT2D eigenvalue weighted by Gasteiger charge is 2.32. The molecule has 2 heteroatoms. The van der Waals surface area contributed by atoms with Crippen molar-refractivity contribution in [2.24, 2.45) is 0 Å². The molecule has 0 amide bonds. The van der Waals surface area contributed by atoms with Gasteiger partial charge in [-0.3, -0.25) is 0 Å². The second-order valence-corrected chi connectivity index (χ2v) is 17.6. The van der Waals surface area contributed by atoms with Gasteiger partial charge in [-0.1, -0.05) is 69.1 Å². The summed E-state index contributed by atoms with van der Waals surface area (Å²) in [6.45, 7) is 17.2. The molecule has 1 rings (SSSR count). The first kappa shape index (κ1) is 14.0. The molecular formula is C14H28Si2. The molecule has 0 bridgehead atoms. The Bertz CT molecular complexity index is 311. The second kappa shape index (κ2) is 4.65. The maximum Gasteiger partial charge on any atom is 0.0771 e. The number of hydrogen-bond acceptors (Lipinski definition) is 0. The lowest BCUT2D eigenvalue weighted by Gasteiger charge is -2.35. The summed E-state index contributed by atoms with van der Waals surface area (Å²) in [7, 11) is -2.13. The Labute approximate surface area is 104 Å². The van der Waals surface area contributed by atoms with Gasteiger partial charge >= 0.3 is 0 Å². The summed E-state index contributed by atoms with van der Waals surface area (Å²) in [5.41, 5.74) is 2.62. The molecule has 0 aliphatic heterocycles.